The van der Waals surface area contributed by atoms with Crippen LogP contribution in [0, 0.1) is 6.92 Å². The molecule has 9 heteroatoms. The van der Waals surface area contributed by atoms with Crippen LogP contribution < -0.4 is 15.6 Å². The molecule has 9 nitrogen and oxygen atoms in total. The Balaban J connectivity index is 1.37. The number of hydrazine groups is 1. The van der Waals surface area contributed by atoms with Crippen LogP contribution in [0.3, 0.4) is 0 Å². The molecular formula is C23H23N5O4. The molecule has 1 aromatic carbocycles. The van der Waals surface area contributed by atoms with E-state index in [2.05, 4.69) is 20.9 Å². The summed E-state index contributed by atoms with van der Waals surface area (Å²) in [6.45, 7) is 5.93. The van der Waals surface area contributed by atoms with Gasteiger partial charge in [-0.1, -0.05) is 18.2 Å². The Kier molecular flexibility index (Phi) is 5.89. The zero-order chi connectivity index (χ0) is 22.7. The van der Waals surface area contributed by atoms with E-state index < -0.39 is 11.8 Å². The first kappa shape index (κ1) is 21.1. The Hall–Kier alpha value is -4.14. The number of nitrogens with zero attached hydrogens (tertiary/aromatic N) is 3. The van der Waals surface area contributed by atoms with Gasteiger partial charge in [0.15, 0.2) is 11.4 Å². The highest BCUT2D eigenvalue weighted by Crippen LogP contribution is 2.19. The van der Waals surface area contributed by atoms with E-state index >= 15 is 0 Å². The van der Waals surface area contributed by atoms with Gasteiger partial charge in [0.1, 0.15) is 18.1 Å². The number of carbonyl (C=O) groups excluding carboxylic acids is 2. The molecule has 0 aliphatic carbocycles. The molecule has 0 saturated carbocycles. The van der Waals surface area contributed by atoms with E-state index in [9.17, 15) is 9.59 Å². The van der Waals surface area contributed by atoms with Gasteiger partial charge in [0.05, 0.1) is 17.5 Å². The van der Waals surface area contributed by atoms with Crippen LogP contribution in [0.25, 0.3) is 11.0 Å². The Labute approximate surface area is 184 Å². The van der Waals surface area contributed by atoms with Crippen LogP contribution in [0.1, 0.15) is 52.3 Å². The van der Waals surface area contributed by atoms with E-state index in [-0.39, 0.29) is 18.4 Å². The van der Waals surface area contributed by atoms with Crippen molar-refractivity contribution in [2.45, 2.75) is 33.4 Å². The van der Waals surface area contributed by atoms with E-state index in [0.29, 0.717) is 28.4 Å². The molecule has 164 valence electrons. The van der Waals surface area contributed by atoms with Crippen LogP contribution in [0.15, 0.2) is 59.1 Å². The first-order valence-electron chi connectivity index (χ1n) is 10.1. The van der Waals surface area contributed by atoms with E-state index in [1.54, 1.807) is 29.9 Å². The zero-order valence-corrected chi connectivity index (χ0v) is 18.0. The molecule has 0 unspecified atom stereocenters. The Morgan fingerprint density at radius 2 is 1.84 bits per heavy atom. The van der Waals surface area contributed by atoms with Gasteiger partial charge >= 0.3 is 5.91 Å². The summed E-state index contributed by atoms with van der Waals surface area (Å²) in [7, 11) is 0. The van der Waals surface area contributed by atoms with Crippen molar-refractivity contribution in [2.24, 2.45) is 0 Å². The normalized spacial score (nSPS) is 11.0. The van der Waals surface area contributed by atoms with Crippen LogP contribution in [0.4, 0.5) is 0 Å². The van der Waals surface area contributed by atoms with Crippen molar-refractivity contribution >= 4 is 22.8 Å². The first-order chi connectivity index (χ1) is 15.4. The third kappa shape index (κ3) is 4.46. The van der Waals surface area contributed by atoms with Crippen molar-refractivity contribution in [3.8, 4) is 5.75 Å². The maximum Gasteiger partial charge on any atom is 0.305 e. The van der Waals surface area contributed by atoms with Gasteiger partial charge < -0.3 is 9.15 Å². The average Bonchev–Trinajstić information content (AvgIpc) is 3.43. The number of rotatable bonds is 6. The third-order valence-corrected chi connectivity index (χ3v) is 4.79. The topological polar surface area (TPSA) is 111 Å². The number of ether oxygens (including phenoxy) is 1. The predicted molar refractivity (Wildman–Crippen MR) is 117 cm³/mol. The lowest BCUT2D eigenvalue weighted by Gasteiger charge is -2.10. The lowest BCUT2D eigenvalue weighted by atomic mass is 10.1. The highest BCUT2D eigenvalue weighted by Gasteiger charge is 2.17. The summed E-state index contributed by atoms with van der Waals surface area (Å²) < 4.78 is 12.9. The quantitative estimate of drug-likeness (QED) is 0.450. The number of para-hydroxylation sites is 1. The summed E-state index contributed by atoms with van der Waals surface area (Å²) in [5, 5.41) is 5.06. The molecule has 32 heavy (non-hydrogen) atoms. The number of fused-ring (bicyclic) bond motifs is 1. The number of carbonyl (C=O) groups is 2. The maximum atomic E-state index is 12.6. The molecule has 4 rings (SSSR count). The fraction of sp³-hybridized carbons (Fsp3) is 0.217. The zero-order valence-electron chi connectivity index (χ0n) is 18.0. The predicted octanol–water partition coefficient (Wildman–Crippen LogP) is 3.57. The number of hydrogen-bond acceptors (Lipinski definition) is 6. The molecule has 0 fully saturated rings. The Morgan fingerprint density at radius 3 is 2.59 bits per heavy atom. The fourth-order valence-corrected chi connectivity index (χ4v) is 3.16. The molecule has 3 heterocycles. The molecule has 0 aliphatic heterocycles. The molecule has 0 aliphatic rings. The van der Waals surface area contributed by atoms with Gasteiger partial charge in [-0.15, -0.1) is 0 Å². The molecular weight excluding hydrogens is 410 g/mol. The van der Waals surface area contributed by atoms with Gasteiger partial charge in [0, 0.05) is 11.4 Å². The van der Waals surface area contributed by atoms with Crippen molar-refractivity contribution in [3.05, 3.63) is 77.5 Å². The molecule has 3 aromatic heterocycles. The van der Waals surface area contributed by atoms with Crippen LogP contribution in [0.5, 0.6) is 5.75 Å². The monoisotopic (exact) mass is 433 g/mol. The lowest BCUT2D eigenvalue weighted by Crippen LogP contribution is -2.41. The Morgan fingerprint density at radius 1 is 1.09 bits per heavy atom. The van der Waals surface area contributed by atoms with Crippen molar-refractivity contribution < 1.29 is 18.7 Å². The second kappa shape index (κ2) is 8.93. The van der Waals surface area contributed by atoms with Crippen LogP contribution in [0.2, 0.25) is 0 Å². The lowest BCUT2D eigenvalue weighted by molar-refractivity contribution is 0.0828. The number of pyridine rings is 1. The number of amides is 2. The standard InChI is InChI=1S/C23H23N5O4/c1-14(2)28-21-16(12-24-28)11-19(15(3)25-21)22(29)26-27-23(30)20-10-9-18(32-20)13-31-17-7-5-4-6-8-17/h4-12,14H,13H2,1-3H3,(H,26,29)(H,27,30). The SMILES string of the molecule is Cc1nc2c(cnn2C(C)C)cc1C(=O)NNC(=O)c1ccc(COc2ccccc2)o1. The molecule has 0 radical (unpaired) electrons. The molecule has 0 bridgehead atoms. The number of benzene rings is 1. The minimum absolute atomic E-state index is 0.0560. The number of nitrogens with one attached hydrogen (secondary N) is 2. The second-order valence-electron chi connectivity index (χ2n) is 7.49. The minimum Gasteiger partial charge on any atom is -0.486 e. The van der Waals surface area contributed by atoms with Crippen LogP contribution in [-0.2, 0) is 6.61 Å². The number of furan rings is 1. The summed E-state index contributed by atoms with van der Waals surface area (Å²) in [4.78, 5) is 29.5. The molecule has 4 aromatic rings. The molecule has 0 saturated heterocycles. The molecule has 2 N–H and O–H groups in total. The van der Waals surface area contributed by atoms with Crippen molar-refractivity contribution in [2.75, 3.05) is 0 Å². The van der Waals surface area contributed by atoms with Gasteiger partial charge in [0.25, 0.3) is 5.91 Å². The third-order valence-electron chi connectivity index (χ3n) is 4.79. The van der Waals surface area contributed by atoms with Gasteiger partial charge in [-0.3, -0.25) is 20.4 Å². The Bertz CT molecular complexity index is 1260. The van der Waals surface area contributed by atoms with Crippen LogP contribution >= 0.6 is 0 Å². The van der Waals surface area contributed by atoms with Gasteiger partial charge in [-0.25, -0.2) is 9.67 Å². The summed E-state index contributed by atoms with van der Waals surface area (Å²) in [6.07, 6.45) is 1.67. The summed E-state index contributed by atoms with van der Waals surface area (Å²) >= 11 is 0. The first-order valence-corrected chi connectivity index (χ1v) is 10.1. The van der Waals surface area contributed by atoms with E-state index in [1.165, 1.54) is 6.07 Å². The van der Waals surface area contributed by atoms with Crippen molar-refractivity contribution in [1.29, 1.82) is 0 Å². The highest BCUT2D eigenvalue weighted by molar-refractivity contribution is 6.00. The highest BCUT2D eigenvalue weighted by atomic mass is 16.5. The molecule has 2 amide bonds. The maximum absolute atomic E-state index is 12.6. The summed E-state index contributed by atoms with van der Waals surface area (Å²) in [5.74, 6) is 0.172. The summed E-state index contributed by atoms with van der Waals surface area (Å²) in [5.41, 5.74) is 6.35. The van der Waals surface area contributed by atoms with E-state index in [0.717, 1.165) is 5.39 Å². The van der Waals surface area contributed by atoms with Gasteiger partial charge in [0.2, 0.25) is 0 Å². The van der Waals surface area contributed by atoms with Crippen molar-refractivity contribution in [3.63, 3.8) is 0 Å². The smallest absolute Gasteiger partial charge is 0.305 e. The largest absolute Gasteiger partial charge is 0.486 e. The molecule has 0 spiro atoms. The second-order valence-corrected chi connectivity index (χ2v) is 7.49. The number of aromatic nitrogens is 3. The fourth-order valence-electron chi connectivity index (χ4n) is 3.16. The van der Waals surface area contributed by atoms with E-state index in [4.69, 9.17) is 9.15 Å². The van der Waals surface area contributed by atoms with Gasteiger partial charge in [-0.05, 0) is 51.1 Å². The van der Waals surface area contributed by atoms with Crippen molar-refractivity contribution in [1.82, 2.24) is 25.6 Å². The number of aryl methyl sites for hydroxylation is 1. The van der Waals surface area contributed by atoms with Crippen LogP contribution in [-0.4, -0.2) is 26.6 Å². The summed E-state index contributed by atoms with van der Waals surface area (Å²) in [6, 6.07) is 14.3. The minimum atomic E-state index is -0.580. The van der Waals surface area contributed by atoms with E-state index in [1.807, 2.05) is 44.2 Å². The number of hydrogen-bond donors (Lipinski definition) is 2. The molecule has 0 atom stereocenters. The van der Waals surface area contributed by atoms with Gasteiger partial charge in [-0.2, -0.15) is 5.10 Å². The average molecular weight is 433 g/mol.